The van der Waals surface area contributed by atoms with Crippen molar-refractivity contribution >= 4 is 33.7 Å². The number of hydrogen-bond acceptors (Lipinski definition) is 5. The molecule has 3 heterocycles. The van der Waals surface area contributed by atoms with E-state index >= 15 is 0 Å². The smallest absolute Gasteiger partial charge is 0.273 e. The van der Waals surface area contributed by atoms with E-state index in [1.165, 1.54) is 21.8 Å². The maximum Gasteiger partial charge on any atom is 0.273 e. The third kappa shape index (κ3) is 2.50. The first-order valence-electron chi connectivity index (χ1n) is 6.32. The van der Waals surface area contributed by atoms with Gasteiger partial charge in [-0.15, -0.1) is 22.7 Å². The molecule has 19 heavy (non-hydrogen) atoms. The van der Waals surface area contributed by atoms with Crippen molar-refractivity contribution in [2.24, 2.45) is 0 Å². The Morgan fingerprint density at radius 1 is 1.53 bits per heavy atom. The summed E-state index contributed by atoms with van der Waals surface area (Å²) in [6.07, 6.45) is 0.953. The lowest BCUT2D eigenvalue weighted by molar-refractivity contribution is 0.0732. The summed E-state index contributed by atoms with van der Waals surface area (Å²) in [7, 11) is 0. The lowest BCUT2D eigenvalue weighted by Gasteiger charge is -2.26. The normalized spacial score (nSPS) is 14.3. The first-order valence-corrected chi connectivity index (χ1v) is 8.07. The van der Waals surface area contributed by atoms with E-state index in [1.54, 1.807) is 11.3 Å². The first-order chi connectivity index (χ1) is 9.28. The zero-order chi connectivity index (χ0) is 13.2. The highest BCUT2D eigenvalue weighted by molar-refractivity contribution is 7.13. The number of nitrogens with one attached hydrogen (secondary N) is 1. The number of rotatable bonds is 3. The molecule has 0 saturated carbocycles. The highest BCUT2D eigenvalue weighted by Crippen LogP contribution is 2.25. The zero-order valence-electron chi connectivity index (χ0n) is 10.7. The number of aromatic nitrogens is 1. The Hall–Kier alpha value is -1.40. The Bertz CT molecular complexity index is 590. The summed E-state index contributed by atoms with van der Waals surface area (Å²) in [5, 5.41) is 7.89. The fourth-order valence-corrected chi connectivity index (χ4v) is 3.88. The van der Waals surface area contributed by atoms with Gasteiger partial charge in [-0.2, -0.15) is 0 Å². The van der Waals surface area contributed by atoms with E-state index in [0.29, 0.717) is 5.69 Å². The van der Waals surface area contributed by atoms with Crippen LogP contribution in [0.25, 0.3) is 0 Å². The van der Waals surface area contributed by atoms with Gasteiger partial charge in [0.15, 0.2) is 5.13 Å². The van der Waals surface area contributed by atoms with Crippen LogP contribution in [-0.4, -0.2) is 28.9 Å². The van der Waals surface area contributed by atoms with Crippen LogP contribution < -0.4 is 5.32 Å². The monoisotopic (exact) mass is 293 g/mol. The molecule has 0 unspecified atom stereocenters. The van der Waals surface area contributed by atoms with E-state index in [9.17, 15) is 4.79 Å². The summed E-state index contributed by atoms with van der Waals surface area (Å²) in [4.78, 5) is 19.9. The van der Waals surface area contributed by atoms with Crippen molar-refractivity contribution in [2.75, 3.05) is 18.4 Å². The summed E-state index contributed by atoms with van der Waals surface area (Å²) in [6, 6.07) is 2.16. The molecule has 0 spiro atoms. The molecule has 2 aromatic rings. The lowest BCUT2D eigenvalue weighted by Crippen LogP contribution is -2.35. The van der Waals surface area contributed by atoms with Gasteiger partial charge < -0.3 is 10.2 Å². The van der Waals surface area contributed by atoms with Gasteiger partial charge in [0.25, 0.3) is 5.91 Å². The van der Waals surface area contributed by atoms with Crippen LogP contribution >= 0.6 is 22.7 Å². The van der Waals surface area contributed by atoms with Gasteiger partial charge >= 0.3 is 0 Å². The Labute approximate surface area is 120 Å². The second-order valence-corrected chi connectivity index (χ2v) is 6.27. The second kappa shape index (κ2) is 5.30. The average molecular weight is 293 g/mol. The highest BCUT2D eigenvalue weighted by atomic mass is 32.1. The number of carbonyl (C=O) groups excluding carboxylic acids is 1. The molecule has 0 radical (unpaired) electrons. The van der Waals surface area contributed by atoms with E-state index in [0.717, 1.165) is 31.2 Å². The van der Waals surface area contributed by atoms with Gasteiger partial charge in [0, 0.05) is 23.3 Å². The molecule has 0 fully saturated rings. The summed E-state index contributed by atoms with van der Waals surface area (Å²) in [5.74, 6) is 0.0412. The zero-order valence-corrected chi connectivity index (χ0v) is 12.3. The SMILES string of the molecule is CCNc1nc(C(=O)N2CCc3ccsc3C2)cs1. The number of thiophene rings is 1. The van der Waals surface area contributed by atoms with E-state index < -0.39 is 0 Å². The molecule has 1 aliphatic rings. The number of carbonyl (C=O) groups is 1. The summed E-state index contributed by atoms with van der Waals surface area (Å²) in [5.41, 5.74) is 1.95. The molecular weight excluding hydrogens is 278 g/mol. The van der Waals surface area contributed by atoms with Gasteiger partial charge in [0.1, 0.15) is 5.69 Å². The van der Waals surface area contributed by atoms with Crippen LogP contribution in [0.1, 0.15) is 27.9 Å². The number of amides is 1. The van der Waals surface area contributed by atoms with Crippen LogP contribution in [0.5, 0.6) is 0 Å². The lowest BCUT2D eigenvalue weighted by atomic mass is 10.1. The fraction of sp³-hybridized carbons (Fsp3) is 0.385. The molecule has 1 aliphatic heterocycles. The Morgan fingerprint density at radius 3 is 3.26 bits per heavy atom. The molecule has 0 aromatic carbocycles. The molecule has 0 atom stereocenters. The summed E-state index contributed by atoms with van der Waals surface area (Å²) < 4.78 is 0. The van der Waals surface area contributed by atoms with Crippen molar-refractivity contribution in [1.29, 1.82) is 0 Å². The number of anilines is 1. The van der Waals surface area contributed by atoms with E-state index in [4.69, 9.17) is 0 Å². The summed E-state index contributed by atoms with van der Waals surface area (Å²) in [6.45, 7) is 4.35. The van der Waals surface area contributed by atoms with Crippen LogP contribution in [0.2, 0.25) is 0 Å². The maximum absolute atomic E-state index is 12.4. The Kier molecular flexibility index (Phi) is 3.52. The van der Waals surface area contributed by atoms with Crippen molar-refractivity contribution in [3.8, 4) is 0 Å². The van der Waals surface area contributed by atoms with Crippen LogP contribution in [-0.2, 0) is 13.0 Å². The molecule has 0 bridgehead atoms. The van der Waals surface area contributed by atoms with Gasteiger partial charge in [-0.3, -0.25) is 4.79 Å². The number of nitrogens with zero attached hydrogens (tertiary/aromatic N) is 2. The Morgan fingerprint density at radius 2 is 2.42 bits per heavy atom. The maximum atomic E-state index is 12.4. The molecule has 1 N–H and O–H groups in total. The first kappa shape index (κ1) is 12.6. The van der Waals surface area contributed by atoms with Gasteiger partial charge in [-0.1, -0.05) is 0 Å². The molecular formula is C13H15N3OS2. The number of fused-ring (bicyclic) bond motifs is 1. The number of thiazole rings is 1. The minimum Gasteiger partial charge on any atom is -0.362 e. The van der Waals surface area contributed by atoms with Crippen molar-refractivity contribution in [3.63, 3.8) is 0 Å². The van der Waals surface area contributed by atoms with Gasteiger partial charge in [0.05, 0.1) is 6.54 Å². The minimum atomic E-state index is 0.0412. The van der Waals surface area contributed by atoms with Crippen molar-refractivity contribution in [2.45, 2.75) is 19.9 Å². The summed E-state index contributed by atoms with van der Waals surface area (Å²) >= 11 is 3.22. The predicted octanol–water partition coefficient (Wildman–Crippen LogP) is 2.83. The van der Waals surface area contributed by atoms with Gasteiger partial charge in [0.2, 0.25) is 0 Å². The third-order valence-electron chi connectivity index (χ3n) is 3.16. The van der Waals surface area contributed by atoms with Crippen LogP contribution in [0, 0.1) is 0 Å². The standard InChI is InChI=1S/C13H15N3OS2/c1-2-14-13-15-10(8-19-13)12(17)16-5-3-9-4-6-18-11(9)7-16/h4,6,8H,2-3,5,7H2,1H3,(H,14,15). The molecule has 1 amide bonds. The Balaban J connectivity index is 1.74. The van der Waals surface area contributed by atoms with Crippen LogP contribution in [0.3, 0.4) is 0 Å². The van der Waals surface area contributed by atoms with Gasteiger partial charge in [-0.25, -0.2) is 4.98 Å². The molecule has 100 valence electrons. The van der Waals surface area contributed by atoms with Gasteiger partial charge in [-0.05, 0) is 30.4 Å². The van der Waals surface area contributed by atoms with Crippen molar-refractivity contribution in [3.05, 3.63) is 33.0 Å². The van der Waals surface area contributed by atoms with Crippen molar-refractivity contribution in [1.82, 2.24) is 9.88 Å². The average Bonchev–Trinajstić information content (AvgIpc) is 3.05. The van der Waals surface area contributed by atoms with Crippen molar-refractivity contribution < 1.29 is 4.79 Å². The molecule has 3 rings (SSSR count). The minimum absolute atomic E-state index is 0.0412. The van der Waals surface area contributed by atoms with E-state index in [2.05, 4.69) is 21.7 Å². The quantitative estimate of drug-likeness (QED) is 0.946. The fourth-order valence-electron chi connectivity index (χ4n) is 2.18. The predicted molar refractivity (Wildman–Crippen MR) is 79.0 cm³/mol. The molecule has 4 nitrogen and oxygen atoms in total. The van der Waals surface area contributed by atoms with E-state index in [-0.39, 0.29) is 5.91 Å². The van der Waals surface area contributed by atoms with Crippen LogP contribution in [0.15, 0.2) is 16.8 Å². The third-order valence-corrected chi connectivity index (χ3v) is 4.91. The highest BCUT2D eigenvalue weighted by Gasteiger charge is 2.24. The topological polar surface area (TPSA) is 45.2 Å². The molecule has 0 saturated heterocycles. The molecule has 0 aliphatic carbocycles. The molecule has 6 heteroatoms. The second-order valence-electron chi connectivity index (χ2n) is 4.41. The molecule has 2 aromatic heterocycles. The van der Waals surface area contributed by atoms with Crippen LogP contribution in [0.4, 0.5) is 5.13 Å². The number of hydrogen-bond donors (Lipinski definition) is 1. The van der Waals surface area contributed by atoms with E-state index in [1.807, 2.05) is 17.2 Å². The largest absolute Gasteiger partial charge is 0.362 e.